The molecule has 0 aliphatic heterocycles. The van der Waals surface area contributed by atoms with Gasteiger partial charge in [-0.1, -0.05) is 12.1 Å². The number of hydrogen-bond donors (Lipinski definition) is 2. The van der Waals surface area contributed by atoms with Gasteiger partial charge < -0.3 is 11.1 Å². The fourth-order valence-corrected chi connectivity index (χ4v) is 0.826. The highest BCUT2D eigenvalue weighted by Crippen LogP contribution is 2.10. The lowest BCUT2D eigenvalue weighted by Crippen LogP contribution is -1.92. The van der Waals surface area contributed by atoms with Gasteiger partial charge in [-0.15, -0.1) is 0 Å². The highest BCUT2D eigenvalue weighted by Gasteiger charge is 1.92. The molecule has 0 atom stereocenters. The van der Waals surface area contributed by atoms with Crippen molar-refractivity contribution < 1.29 is 1.43 Å². The smallest absolute Gasteiger partial charge is 0.0405 e. The molecule has 1 aromatic carbocycles. The molecule has 0 amide bonds. The number of aryl methyl sites for hydroxylation is 1. The zero-order chi connectivity index (χ0) is 7.56. The van der Waals surface area contributed by atoms with E-state index in [2.05, 4.69) is 0 Å². The predicted octanol–water partition coefficient (Wildman–Crippen LogP) is 1.82. The van der Waals surface area contributed by atoms with Crippen LogP contribution < -0.4 is 5.73 Å². The number of nitrogen functional groups attached to an aromatic ring is 1. The zero-order valence-electron chi connectivity index (χ0n) is 5.89. The normalized spacial score (nSPS) is 9.30. The van der Waals surface area contributed by atoms with Gasteiger partial charge in [-0.05, 0) is 18.6 Å². The predicted molar refractivity (Wildman–Crippen MR) is 45.6 cm³/mol. The van der Waals surface area contributed by atoms with E-state index in [1.165, 1.54) is 6.21 Å². The Hall–Kier alpha value is -1.31. The molecule has 1 rings (SSSR count). The van der Waals surface area contributed by atoms with Crippen LogP contribution in [0.1, 0.15) is 12.6 Å². The maximum absolute atomic E-state index is 6.95. The second kappa shape index (κ2) is 2.52. The average molecular weight is 136 g/mol. The summed E-state index contributed by atoms with van der Waals surface area (Å²) in [6.45, 7) is 1.98. The van der Waals surface area contributed by atoms with Gasteiger partial charge in [0.25, 0.3) is 0 Å². The first-order valence-electron chi connectivity index (χ1n) is 3.10. The molecular weight excluding hydrogens is 124 g/mol. The molecule has 54 valence electrons. The lowest BCUT2D eigenvalue weighted by atomic mass is 10.1. The topological polar surface area (TPSA) is 49.9 Å². The molecular formula is C8H12N2. The Kier molecular flexibility index (Phi) is 1.71. The summed E-state index contributed by atoms with van der Waals surface area (Å²) in [5, 5.41) is 6.95. The Morgan fingerprint density at radius 1 is 1.60 bits per heavy atom. The molecule has 0 unspecified atom stereocenters. The Labute approximate surface area is 61.7 Å². The van der Waals surface area contributed by atoms with Gasteiger partial charge in [-0.3, -0.25) is 0 Å². The SMILES string of the molecule is Cc1ccc(C=N)c(N)c1.[HH]. The molecule has 0 heterocycles. The first kappa shape index (κ1) is 6.81. The van der Waals surface area contributed by atoms with E-state index in [0.29, 0.717) is 5.69 Å². The monoisotopic (exact) mass is 136 g/mol. The molecule has 0 saturated heterocycles. The van der Waals surface area contributed by atoms with E-state index in [1.807, 2.05) is 25.1 Å². The third-order valence-corrected chi connectivity index (χ3v) is 1.40. The molecule has 3 N–H and O–H groups in total. The van der Waals surface area contributed by atoms with Crippen molar-refractivity contribution in [2.75, 3.05) is 5.73 Å². The van der Waals surface area contributed by atoms with Crippen LogP contribution in [0.25, 0.3) is 0 Å². The molecule has 2 heteroatoms. The van der Waals surface area contributed by atoms with Crippen LogP contribution in [0.5, 0.6) is 0 Å². The van der Waals surface area contributed by atoms with Crippen LogP contribution in [0.2, 0.25) is 0 Å². The van der Waals surface area contributed by atoms with E-state index >= 15 is 0 Å². The van der Waals surface area contributed by atoms with Crippen LogP contribution in [0.4, 0.5) is 5.69 Å². The quantitative estimate of drug-likeness (QED) is 0.449. The molecule has 0 aromatic heterocycles. The molecule has 0 spiro atoms. The molecule has 0 fully saturated rings. The number of hydrogen-bond acceptors (Lipinski definition) is 2. The third kappa shape index (κ3) is 1.16. The second-order valence-electron chi connectivity index (χ2n) is 2.28. The minimum Gasteiger partial charge on any atom is -0.398 e. The first-order valence-corrected chi connectivity index (χ1v) is 3.10. The van der Waals surface area contributed by atoms with Crippen LogP contribution >= 0.6 is 0 Å². The number of benzene rings is 1. The van der Waals surface area contributed by atoms with Gasteiger partial charge >= 0.3 is 0 Å². The standard InChI is InChI=1S/C8H10N2.H2/c1-6-2-3-7(5-9)8(10)4-6;/h2-5,9H,10H2,1H3;1H. The Morgan fingerprint density at radius 2 is 2.30 bits per heavy atom. The lowest BCUT2D eigenvalue weighted by molar-refractivity contribution is 1.45. The van der Waals surface area contributed by atoms with Crippen LogP contribution in [-0.2, 0) is 0 Å². The van der Waals surface area contributed by atoms with E-state index in [4.69, 9.17) is 11.1 Å². The van der Waals surface area contributed by atoms with E-state index < -0.39 is 0 Å². The number of nitrogens with one attached hydrogen (secondary N) is 1. The van der Waals surface area contributed by atoms with Gasteiger partial charge in [-0.2, -0.15) is 0 Å². The summed E-state index contributed by atoms with van der Waals surface area (Å²) in [7, 11) is 0. The van der Waals surface area contributed by atoms with Gasteiger partial charge in [0.2, 0.25) is 0 Å². The van der Waals surface area contributed by atoms with Gasteiger partial charge in [-0.25, -0.2) is 0 Å². The molecule has 0 bridgehead atoms. The van der Waals surface area contributed by atoms with Crippen LogP contribution in [-0.4, -0.2) is 6.21 Å². The van der Waals surface area contributed by atoms with Crippen molar-refractivity contribution in [3.63, 3.8) is 0 Å². The van der Waals surface area contributed by atoms with Crippen LogP contribution in [0.15, 0.2) is 18.2 Å². The van der Waals surface area contributed by atoms with Gasteiger partial charge in [0.05, 0.1) is 0 Å². The van der Waals surface area contributed by atoms with Crippen LogP contribution in [0.3, 0.4) is 0 Å². The Bertz CT molecular complexity index is 258. The Morgan fingerprint density at radius 3 is 2.80 bits per heavy atom. The fourth-order valence-electron chi connectivity index (χ4n) is 0.826. The highest BCUT2D eigenvalue weighted by molar-refractivity contribution is 5.84. The number of anilines is 1. The van der Waals surface area contributed by atoms with E-state index in [1.54, 1.807) is 0 Å². The third-order valence-electron chi connectivity index (χ3n) is 1.40. The minimum absolute atomic E-state index is 0. The van der Waals surface area contributed by atoms with Crippen molar-refractivity contribution in [1.29, 1.82) is 5.41 Å². The van der Waals surface area contributed by atoms with Crippen molar-refractivity contribution in [3.8, 4) is 0 Å². The Balaban J connectivity index is 0.000001000. The van der Waals surface area contributed by atoms with Crippen molar-refractivity contribution in [1.82, 2.24) is 0 Å². The largest absolute Gasteiger partial charge is 0.398 e. The van der Waals surface area contributed by atoms with E-state index in [-0.39, 0.29) is 1.43 Å². The summed E-state index contributed by atoms with van der Waals surface area (Å²) in [5.74, 6) is 0. The maximum Gasteiger partial charge on any atom is 0.0405 e. The average Bonchev–Trinajstić information content (AvgIpc) is 1.88. The molecule has 1 aromatic rings. The van der Waals surface area contributed by atoms with Crippen molar-refractivity contribution in [2.45, 2.75) is 6.92 Å². The number of rotatable bonds is 1. The highest BCUT2D eigenvalue weighted by atomic mass is 14.6. The number of nitrogens with two attached hydrogens (primary N) is 1. The zero-order valence-corrected chi connectivity index (χ0v) is 5.89. The summed E-state index contributed by atoms with van der Waals surface area (Å²) in [6, 6.07) is 5.65. The summed E-state index contributed by atoms with van der Waals surface area (Å²) in [4.78, 5) is 0. The summed E-state index contributed by atoms with van der Waals surface area (Å²) in [6.07, 6.45) is 1.26. The molecule has 0 radical (unpaired) electrons. The van der Waals surface area contributed by atoms with Crippen LogP contribution in [0, 0.1) is 12.3 Å². The first-order chi connectivity index (χ1) is 4.74. The molecule has 0 aliphatic rings. The van der Waals surface area contributed by atoms with Crippen molar-refractivity contribution in [3.05, 3.63) is 29.3 Å². The second-order valence-corrected chi connectivity index (χ2v) is 2.28. The van der Waals surface area contributed by atoms with E-state index in [0.717, 1.165) is 11.1 Å². The van der Waals surface area contributed by atoms with Crippen molar-refractivity contribution in [2.24, 2.45) is 0 Å². The molecule has 10 heavy (non-hydrogen) atoms. The van der Waals surface area contributed by atoms with E-state index in [9.17, 15) is 0 Å². The van der Waals surface area contributed by atoms with Gasteiger partial charge in [0.1, 0.15) is 0 Å². The van der Waals surface area contributed by atoms with Crippen molar-refractivity contribution >= 4 is 11.9 Å². The van der Waals surface area contributed by atoms with Gasteiger partial charge in [0, 0.05) is 18.9 Å². The minimum atomic E-state index is 0. The summed E-state index contributed by atoms with van der Waals surface area (Å²) < 4.78 is 0. The fraction of sp³-hybridized carbons (Fsp3) is 0.125. The molecule has 0 saturated carbocycles. The molecule has 0 aliphatic carbocycles. The summed E-state index contributed by atoms with van der Waals surface area (Å²) >= 11 is 0. The molecule has 2 nitrogen and oxygen atoms in total. The lowest BCUT2D eigenvalue weighted by Gasteiger charge is -1.98. The maximum atomic E-state index is 6.95. The summed E-state index contributed by atoms with van der Waals surface area (Å²) in [5.41, 5.74) is 8.17. The van der Waals surface area contributed by atoms with Gasteiger partial charge in [0.15, 0.2) is 0 Å².